The number of nitro benzene ring substituents is 1. The molecule has 2 aliphatic rings. The predicted octanol–water partition coefficient (Wildman–Crippen LogP) is 4.02. The summed E-state index contributed by atoms with van der Waals surface area (Å²) in [5.74, 6) is 0.448. The molecular weight excluding hydrogens is 368 g/mol. The van der Waals surface area contributed by atoms with E-state index in [1.807, 2.05) is 6.92 Å². The van der Waals surface area contributed by atoms with Gasteiger partial charge >= 0.3 is 0 Å². The van der Waals surface area contributed by atoms with E-state index in [9.17, 15) is 14.9 Å². The number of amides is 1. The van der Waals surface area contributed by atoms with Crippen molar-refractivity contribution in [2.24, 2.45) is 4.99 Å². The Balaban J connectivity index is 1.63. The monoisotopic (exact) mass is 380 g/mol. The zero-order valence-electron chi connectivity index (χ0n) is 14.0. The highest BCUT2D eigenvalue weighted by atomic mass is 32.2. The minimum absolute atomic E-state index is 0.00519. The Morgan fingerprint density at radius 2 is 2.00 bits per heavy atom. The van der Waals surface area contributed by atoms with Crippen molar-refractivity contribution in [3.8, 4) is 11.3 Å². The maximum atomic E-state index is 12.3. The number of aliphatic imine (C=N–C) groups is 1. The van der Waals surface area contributed by atoms with E-state index in [-0.39, 0.29) is 17.1 Å². The van der Waals surface area contributed by atoms with Crippen LogP contribution in [0, 0.1) is 15.5 Å². The number of benzene rings is 1. The smallest absolute Gasteiger partial charge is 0.283 e. The van der Waals surface area contributed by atoms with E-state index in [2.05, 4.69) is 4.99 Å². The first-order valence-electron chi connectivity index (χ1n) is 7.86. The molecule has 1 aromatic carbocycles. The molecule has 27 heavy (non-hydrogen) atoms. The molecule has 0 spiro atoms. The second-order valence-electron chi connectivity index (χ2n) is 5.82. The average Bonchev–Trinajstić information content (AvgIpc) is 3.25. The molecule has 0 atom stereocenters. The van der Waals surface area contributed by atoms with E-state index in [1.54, 1.807) is 35.4 Å². The Hall–Kier alpha value is -3.46. The van der Waals surface area contributed by atoms with Gasteiger partial charge in [0.1, 0.15) is 17.4 Å². The second kappa shape index (κ2) is 6.36. The van der Waals surface area contributed by atoms with Crippen LogP contribution in [0.3, 0.4) is 0 Å². The molecule has 0 saturated carbocycles. The molecule has 4 rings (SSSR count). The van der Waals surface area contributed by atoms with Crippen molar-refractivity contribution in [3.05, 3.63) is 69.0 Å². The van der Waals surface area contributed by atoms with Crippen molar-refractivity contribution >= 4 is 40.4 Å². The largest absolute Gasteiger partial charge is 0.457 e. The van der Waals surface area contributed by atoms with Crippen LogP contribution in [0.25, 0.3) is 17.4 Å². The molecular formula is C18H12N4O4S. The molecule has 0 bridgehead atoms. The third-order valence-corrected chi connectivity index (χ3v) is 4.87. The highest BCUT2D eigenvalue weighted by molar-refractivity contribution is 8.17. The van der Waals surface area contributed by atoms with Crippen molar-refractivity contribution in [1.82, 2.24) is 4.90 Å². The number of rotatable bonds is 3. The van der Waals surface area contributed by atoms with E-state index in [4.69, 9.17) is 9.83 Å². The van der Waals surface area contributed by atoms with Gasteiger partial charge in [0.15, 0.2) is 5.17 Å². The fourth-order valence-corrected chi connectivity index (χ4v) is 3.49. The lowest BCUT2D eigenvalue weighted by Gasteiger charge is -2.21. The molecule has 0 aliphatic carbocycles. The van der Waals surface area contributed by atoms with Crippen LogP contribution in [-0.4, -0.2) is 26.7 Å². The van der Waals surface area contributed by atoms with E-state index in [0.29, 0.717) is 22.3 Å². The summed E-state index contributed by atoms with van der Waals surface area (Å²) in [7, 11) is 0. The highest BCUT2D eigenvalue weighted by Gasteiger charge is 2.33. The number of hydrogen-bond donors (Lipinski definition) is 1. The summed E-state index contributed by atoms with van der Waals surface area (Å²) < 4.78 is 5.72. The summed E-state index contributed by atoms with van der Waals surface area (Å²) in [5.41, 5.74) is 0.800. The number of nitro groups is 1. The predicted molar refractivity (Wildman–Crippen MR) is 102 cm³/mol. The number of nitrogens with zero attached hydrogens (tertiary/aromatic N) is 3. The third kappa shape index (κ3) is 3.08. The number of furan rings is 1. The van der Waals surface area contributed by atoms with Gasteiger partial charge in [-0.3, -0.25) is 25.2 Å². The van der Waals surface area contributed by atoms with E-state index in [1.165, 1.54) is 30.0 Å². The molecule has 8 nitrogen and oxygen atoms in total. The van der Waals surface area contributed by atoms with Gasteiger partial charge in [-0.05, 0) is 37.3 Å². The lowest BCUT2D eigenvalue weighted by atomic mass is 10.1. The minimum Gasteiger partial charge on any atom is -0.457 e. The zero-order chi connectivity index (χ0) is 19.1. The van der Waals surface area contributed by atoms with E-state index < -0.39 is 10.8 Å². The maximum absolute atomic E-state index is 12.3. The number of nitrogens with one attached hydrogen (secondary N) is 1. The van der Waals surface area contributed by atoms with Gasteiger partial charge in [-0.1, -0.05) is 11.8 Å². The summed E-state index contributed by atoms with van der Waals surface area (Å²) in [6, 6.07) is 9.34. The Labute approximate surface area is 157 Å². The van der Waals surface area contributed by atoms with Crippen molar-refractivity contribution < 1.29 is 14.1 Å². The molecule has 2 aromatic rings. The van der Waals surface area contributed by atoms with Crippen LogP contribution in [-0.2, 0) is 4.79 Å². The van der Waals surface area contributed by atoms with Crippen molar-refractivity contribution in [2.45, 2.75) is 6.92 Å². The molecule has 0 saturated heterocycles. The molecule has 2 aliphatic heterocycles. The number of amidine groups is 2. The highest BCUT2D eigenvalue weighted by Crippen LogP contribution is 2.33. The van der Waals surface area contributed by atoms with Crippen molar-refractivity contribution in [3.63, 3.8) is 0 Å². The third-order valence-electron chi connectivity index (χ3n) is 3.97. The van der Waals surface area contributed by atoms with E-state index in [0.717, 1.165) is 4.91 Å². The molecule has 1 aromatic heterocycles. The molecule has 9 heteroatoms. The normalized spacial score (nSPS) is 17.8. The molecule has 0 fully saturated rings. The van der Waals surface area contributed by atoms with Gasteiger partial charge in [-0.2, -0.15) is 4.99 Å². The summed E-state index contributed by atoms with van der Waals surface area (Å²) in [4.78, 5) is 29.1. The number of non-ortho nitro benzene ring substituents is 1. The zero-order valence-corrected chi connectivity index (χ0v) is 14.8. The average molecular weight is 380 g/mol. The van der Waals surface area contributed by atoms with Gasteiger partial charge in [0.2, 0.25) is 0 Å². The standard InChI is InChI=1S/C18H12N4O4S/c1-10-9-21-16(19)14(17(23)20-18(21)27-10)8-13-6-7-15(26-13)11-2-4-12(5-3-11)22(24)25/h2-9,19H,1H3. The van der Waals surface area contributed by atoms with Crippen molar-refractivity contribution in [2.75, 3.05) is 0 Å². The van der Waals surface area contributed by atoms with Gasteiger partial charge in [-0.15, -0.1) is 0 Å². The quantitative estimate of drug-likeness (QED) is 0.489. The second-order valence-corrected chi connectivity index (χ2v) is 7.04. The van der Waals surface area contributed by atoms with Crippen molar-refractivity contribution in [1.29, 1.82) is 5.41 Å². The number of hydrogen-bond acceptors (Lipinski definition) is 6. The van der Waals surface area contributed by atoms with Crippen LogP contribution in [0.1, 0.15) is 12.7 Å². The number of fused-ring (bicyclic) bond motifs is 1. The fourth-order valence-electron chi connectivity index (χ4n) is 2.68. The Morgan fingerprint density at radius 1 is 1.26 bits per heavy atom. The Morgan fingerprint density at radius 3 is 2.70 bits per heavy atom. The van der Waals surface area contributed by atoms with E-state index >= 15 is 0 Å². The van der Waals surface area contributed by atoms with Gasteiger partial charge in [0, 0.05) is 28.8 Å². The maximum Gasteiger partial charge on any atom is 0.283 e. The van der Waals surface area contributed by atoms with Crippen LogP contribution in [0.2, 0.25) is 0 Å². The SMILES string of the molecule is CC1=CN2C(=N)C(=Cc3ccc(-c4ccc([N+](=O)[O-])cc4)o3)C(=O)N=C2S1. The fraction of sp³-hybridized carbons (Fsp3) is 0.0556. The van der Waals surface area contributed by atoms with Gasteiger partial charge < -0.3 is 4.42 Å². The number of carbonyl (C=O) groups excluding carboxylic acids is 1. The van der Waals surface area contributed by atoms with Crippen LogP contribution in [0.5, 0.6) is 0 Å². The summed E-state index contributed by atoms with van der Waals surface area (Å²) in [6.07, 6.45) is 3.24. The minimum atomic E-state index is -0.491. The van der Waals surface area contributed by atoms with Crippen LogP contribution in [0.4, 0.5) is 5.69 Å². The molecule has 134 valence electrons. The first-order chi connectivity index (χ1) is 12.9. The lowest BCUT2D eigenvalue weighted by molar-refractivity contribution is -0.384. The molecule has 1 N–H and O–H groups in total. The lowest BCUT2D eigenvalue weighted by Crippen LogP contribution is -2.35. The molecule has 1 amide bonds. The number of thioether (sulfide) groups is 1. The van der Waals surface area contributed by atoms with Gasteiger partial charge in [-0.25, -0.2) is 0 Å². The van der Waals surface area contributed by atoms with Crippen LogP contribution in [0.15, 0.2) is 62.5 Å². The first-order valence-corrected chi connectivity index (χ1v) is 8.68. The molecule has 0 radical (unpaired) electrons. The topological polar surface area (TPSA) is 113 Å². The first kappa shape index (κ1) is 17.0. The molecule has 3 heterocycles. The van der Waals surface area contributed by atoms with Gasteiger partial charge in [0.25, 0.3) is 11.6 Å². The number of carbonyl (C=O) groups is 1. The van der Waals surface area contributed by atoms with Gasteiger partial charge in [0.05, 0.1) is 10.5 Å². The summed E-state index contributed by atoms with van der Waals surface area (Å²) in [5, 5.41) is 19.5. The van der Waals surface area contributed by atoms with Crippen LogP contribution < -0.4 is 0 Å². The molecule has 0 unspecified atom stereocenters. The Bertz CT molecular complexity index is 1080. The Kier molecular flexibility index (Phi) is 4.00. The summed E-state index contributed by atoms with van der Waals surface area (Å²) >= 11 is 1.35. The van der Waals surface area contributed by atoms with Crippen LogP contribution >= 0.6 is 11.8 Å². The number of allylic oxidation sites excluding steroid dienone is 1. The summed E-state index contributed by atoms with van der Waals surface area (Å²) in [6.45, 7) is 1.88.